The average molecular weight is 256 g/mol. The standard InChI is InChI=1S/C12H18.C7H10/c1-4-10(2)9-12-7-5-11(3)6-8-12;1-2-7-5-3-4-6-7/h5-8,10H,4,9H2,1-3H3;3-5H,2,6H2,1H3. The third-order valence-corrected chi connectivity index (χ3v) is 3.70. The Kier molecular flexibility index (Phi) is 7.25. The summed E-state index contributed by atoms with van der Waals surface area (Å²) >= 11 is 0. The number of aryl methyl sites for hydroxylation is 1. The molecule has 1 unspecified atom stereocenters. The maximum Gasteiger partial charge on any atom is -0.0133 e. The molecule has 0 saturated heterocycles. The average Bonchev–Trinajstić information content (AvgIpc) is 2.95. The molecule has 0 aliphatic heterocycles. The minimum atomic E-state index is 0.813. The third-order valence-electron chi connectivity index (χ3n) is 3.70. The summed E-state index contributed by atoms with van der Waals surface area (Å²) in [6.45, 7) is 8.88. The van der Waals surface area contributed by atoms with Crippen LogP contribution in [-0.4, -0.2) is 0 Å². The minimum absolute atomic E-state index is 0.813. The van der Waals surface area contributed by atoms with Crippen molar-refractivity contribution in [3.63, 3.8) is 0 Å². The first-order valence-corrected chi connectivity index (χ1v) is 7.55. The monoisotopic (exact) mass is 256 g/mol. The SMILES string of the molecule is CCC(C)Cc1ccc(C)cc1.CCC1=CC=CC1. The highest BCUT2D eigenvalue weighted by molar-refractivity contribution is 5.22. The lowest BCUT2D eigenvalue weighted by molar-refractivity contribution is 0.560. The van der Waals surface area contributed by atoms with Crippen molar-refractivity contribution in [1.29, 1.82) is 0 Å². The van der Waals surface area contributed by atoms with Gasteiger partial charge in [-0.05, 0) is 37.7 Å². The molecule has 1 aromatic rings. The summed E-state index contributed by atoms with van der Waals surface area (Å²) in [7, 11) is 0. The molecule has 0 heterocycles. The zero-order valence-electron chi connectivity index (χ0n) is 12.9. The summed E-state index contributed by atoms with van der Waals surface area (Å²) in [5.41, 5.74) is 4.37. The van der Waals surface area contributed by atoms with E-state index in [1.807, 2.05) is 0 Å². The lowest BCUT2D eigenvalue weighted by Gasteiger charge is -2.07. The van der Waals surface area contributed by atoms with Crippen molar-refractivity contribution in [3.05, 3.63) is 59.2 Å². The van der Waals surface area contributed by atoms with Crippen molar-refractivity contribution in [2.75, 3.05) is 0 Å². The molecule has 0 fully saturated rings. The number of hydrogen-bond donors (Lipinski definition) is 0. The van der Waals surface area contributed by atoms with Gasteiger partial charge in [0.25, 0.3) is 0 Å². The Bertz CT molecular complexity index is 406. The van der Waals surface area contributed by atoms with E-state index in [-0.39, 0.29) is 0 Å². The predicted molar refractivity (Wildman–Crippen MR) is 86.5 cm³/mol. The van der Waals surface area contributed by atoms with Gasteiger partial charge in [0, 0.05) is 0 Å². The van der Waals surface area contributed by atoms with Crippen LogP contribution in [0.5, 0.6) is 0 Å². The topological polar surface area (TPSA) is 0 Å². The van der Waals surface area contributed by atoms with E-state index >= 15 is 0 Å². The molecule has 104 valence electrons. The molecular formula is C19H28. The van der Waals surface area contributed by atoms with Gasteiger partial charge in [-0.25, -0.2) is 0 Å². The van der Waals surface area contributed by atoms with Crippen LogP contribution in [0.4, 0.5) is 0 Å². The summed E-state index contributed by atoms with van der Waals surface area (Å²) < 4.78 is 0. The highest BCUT2D eigenvalue weighted by atomic mass is 14.0. The Morgan fingerprint density at radius 3 is 2.21 bits per heavy atom. The second-order valence-corrected chi connectivity index (χ2v) is 5.51. The molecular weight excluding hydrogens is 228 g/mol. The molecule has 0 aromatic heterocycles. The van der Waals surface area contributed by atoms with Crippen LogP contribution in [0.3, 0.4) is 0 Å². The van der Waals surface area contributed by atoms with E-state index < -0.39 is 0 Å². The van der Waals surface area contributed by atoms with E-state index in [0.29, 0.717) is 0 Å². The van der Waals surface area contributed by atoms with Gasteiger partial charge in [0.15, 0.2) is 0 Å². The summed E-state index contributed by atoms with van der Waals surface area (Å²) in [6.07, 6.45) is 11.4. The van der Waals surface area contributed by atoms with Gasteiger partial charge in [-0.3, -0.25) is 0 Å². The molecule has 1 aliphatic rings. The van der Waals surface area contributed by atoms with Gasteiger partial charge in [-0.2, -0.15) is 0 Å². The predicted octanol–water partition coefficient (Wildman–Crippen LogP) is 5.87. The third kappa shape index (κ3) is 6.42. The van der Waals surface area contributed by atoms with Gasteiger partial charge in [-0.15, -0.1) is 0 Å². The van der Waals surface area contributed by atoms with E-state index in [4.69, 9.17) is 0 Å². The lowest BCUT2D eigenvalue weighted by Crippen LogP contribution is -1.97. The molecule has 0 spiro atoms. The van der Waals surface area contributed by atoms with Crippen molar-refractivity contribution in [1.82, 2.24) is 0 Å². The molecule has 19 heavy (non-hydrogen) atoms. The highest BCUT2D eigenvalue weighted by Gasteiger charge is 1.99. The first kappa shape index (κ1) is 15.8. The fourth-order valence-electron chi connectivity index (χ4n) is 2.02. The van der Waals surface area contributed by atoms with Crippen molar-refractivity contribution >= 4 is 0 Å². The van der Waals surface area contributed by atoms with Gasteiger partial charge < -0.3 is 0 Å². The largest absolute Gasteiger partial charge is 0.0805 e. The van der Waals surface area contributed by atoms with Gasteiger partial charge in [-0.1, -0.05) is 80.8 Å². The van der Waals surface area contributed by atoms with E-state index in [2.05, 4.69) is 70.2 Å². The molecule has 0 bridgehead atoms. The van der Waals surface area contributed by atoms with Gasteiger partial charge >= 0.3 is 0 Å². The molecule has 0 radical (unpaired) electrons. The van der Waals surface area contributed by atoms with Crippen LogP contribution < -0.4 is 0 Å². The molecule has 0 heteroatoms. The number of allylic oxidation sites excluding steroid dienone is 4. The molecule has 0 saturated carbocycles. The Balaban J connectivity index is 0.000000218. The molecule has 0 nitrogen and oxygen atoms in total. The Labute approximate surface area is 119 Å². The van der Waals surface area contributed by atoms with Crippen LogP contribution in [0, 0.1) is 12.8 Å². The number of benzene rings is 1. The first-order chi connectivity index (χ1) is 9.15. The van der Waals surface area contributed by atoms with Gasteiger partial charge in [0.1, 0.15) is 0 Å². The quantitative estimate of drug-likeness (QED) is 0.632. The second kappa shape index (κ2) is 8.74. The van der Waals surface area contributed by atoms with Crippen LogP contribution >= 0.6 is 0 Å². The van der Waals surface area contributed by atoms with Crippen LogP contribution in [0.2, 0.25) is 0 Å². The Morgan fingerprint density at radius 1 is 1.11 bits per heavy atom. The zero-order valence-corrected chi connectivity index (χ0v) is 12.9. The Hall–Kier alpha value is -1.30. The summed E-state index contributed by atoms with van der Waals surface area (Å²) in [5, 5.41) is 0. The maximum absolute atomic E-state index is 2.31. The van der Waals surface area contributed by atoms with Gasteiger partial charge in [0.2, 0.25) is 0 Å². The van der Waals surface area contributed by atoms with Crippen molar-refractivity contribution < 1.29 is 0 Å². The Morgan fingerprint density at radius 2 is 1.79 bits per heavy atom. The van der Waals surface area contributed by atoms with E-state index in [0.717, 1.165) is 5.92 Å². The van der Waals surface area contributed by atoms with Crippen LogP contribution in [0.15, 0.2) is 48.1 Å². The van der Waals surface area contributed by atoms with Crippen molar-refractivity contribution in [2.24, 2.45) is 5.92 Å². The van der Waals surface area contributed by atoms with Crippen LogP contribution in [-0.2, 0) is 6.42 Å². The van der Waals surface area contributed by atoms with Crippen molar-refractivity contribution in [2.45, 2.75) is 53.4 Å². The van der Waals surface area contributed by atoms with Crippen LogP contribution in [0.1, 0.15) is 51.2 Å². The lowest BCUT2D eigenvalue weighted by atomic mass is 9.98. The molecule has 0 amide bonds. The second-order valence-electron chi connectivity index (χ2n) is 5.51. The van der Waals surface area contributed by atoms with E-state index in [1.165, 1.54) is 36.8 Å². The summed E-state index contributed by atoms with van der Waals surface area (Å²) in [5.74, 6) is 0.813. The summed E-state index contributed by atoms with van der Waals surface area (Å²) in [6, 6.07) is 8.86. The fourth-order valence-corrected chi connectivity index (χ4v) is 2.02. The first-order valence-electron chi connectivity index (χ1n) is 7.55. The molecule has 1 atom stereocenters. The van der Waals surface area contributed by atoms with E-state index in [9.17, 15) is 0 Å². The smallest absolute Gasteiger partial charge is 0.0133 e. The fraction of sp³-hybridized carbons (Fsp3) is 0.474. The molecule has 2 rings (SSSR count). The molecule has 0 N–H and O–H groups in total. The molecule has 1 aromatic carbocycles. The normalized spacial score (nSPS) is 14.6. The van der Waals surface area contributed by atoms with E-state index in [1.54, 1.807) is 5.57 Å². The molecule has 1 aliphatic carbocycles. The number of rotatable bonds is 4. The highest BCUT2D eigenvalue weighted by Crippen LogP contribution is 2.12. The maximum atomic E-state index is 2.31. The minimum Gasteiger partial charge on any atom is -0.0805 e. The van der Waals surface area contributed by atoms with Crippen molar-refractivity contribution in [3.8, 4) is 0 Å². The summed E-state index contributed by atoms with van der Waals surface area (Å²) in [4.78, 5) is 0. The van der Waals surface area contributed by atoms with Gasteiger partial charge in [0.05, 0.1) is 0 Å². The van der Waals surface area contributed by atoms with Crippen LogP contribution in [0.25, 0.3) is 0 Å². The zero-order chi connectivity index (χ0) is 14.1. The number of hydrogen-bond acceptors (Lipinski definition) is 0.